The molecule has 0 amide bonds. The molecular weight excluding hydrogens is 268 g/mol. The number of likely N-dealkylation sites (tertiary alicyclic amines) is 1. The molecule has 2 atom stereocenters. The van der Waals surface area contributed by atoms with E-state index < -0.39 is 5.97 Å². The Labute approximate surface area is 125 Å². The zero-order chi connectivity index (χ0) is 15.2. The van der Waals surface area contributed by atoms with E-state index in [9.17, 15) is 4.79 Å². The molecule has 0 spiro atoms. The molecule has 5 heteroatoms. The van der Waals surface area contributed by atoms with Crippen LogP contribution in [0.25, 0.3) is 0 Å². The van der Waals surface area contributed by atoms with Gasteiger partial charge in [-0.15, -0.1) is 0 Å². The number of benzene rings is 1. The van der Waals surface area contributed by atoms with Crippen LogP contribution in [-0.2, 0) is 0 Å². The molecular formula is C16H24N2O3. The maximum absolute atomic E-state index is 10.7. The lowest BCUT2D eigenvalue weighted by atomic mass is 9.94. The second kappa shape index (κ2) is 7.43. The van der Waals surface area contributed by atoms with Gasteiger partial charge < -0.3 is 20.1 Å². The first-order valence-electron chi connectivity index (χ1n) is 7.44. The standard InChI is InChI=1S/C16H24N2O3/c1-12-11-18(2)9-7-15(12)17-8-10-21-14-5-3-13(4-6-14)16(19)20/h3-6,12,15,17H,7-11H2,1-2H3,(H,19,20). The SMILES string of the molecule is CC1CN(C)CCC1NCCOc1ccc(C(=O)O)cc1. The Bertz CT molecular complexity index is 461. The summed E-state index contributed by atoms with van der Waals surface area (Å²) in [5.74, 6) is 0.441. The molecule has 5 nitrogen and oxygen atoms in total. The second-order valence-electron chi connectivity index (χ2n) is 5.77. The quantitative estimate of drug-likeness (QED) is 0.781. The highest BCUT2D eigenvalue weighted by molar-refractivity contribution is 5.87. The lowest BCUT2D eigenvalue weighted by molar-refractivity contribution is 0.0697. The fourth-order valence-corrected chi connectivity index (χ4v) is 2.76. The topological polar surface area (TPSA) is 61.8 Å². The van der Waals surface area contributed by atoms with Crippen LogP contribution in [0.3, 0.4) is 0 Å². The average molecular weight is 292 g/mol. The van der Waals surface area contributed by atoms with Crippen molar-refractivity contribution in [3.8, 4) is 5.75 Å². The molecule has 1 aromatic rings. The van der Waals surface area contributed by atoms with E-state index in [1.54, 1.807) is 24.3 Å². The maximum atomic E-state index is 10.7. The third-order valence-corrected chi connectivity index (χ3v) is 3.99. The highest BCUT2D eigenvalue weighted by Crippen LogP contribution is 2.15. The van der Waals surface area contributed by atoms with E-state index in [0.717, 1.165) is 19.6 Å². The first kappa shape index (κ1) is 15.8. The van der Waals surface area contributed by atoms with Crippen LogP contribution in [0.4, 0.5) is 0 Å². The fourth-order valence-electron chi connectivity index (χ4n) is 2.76. The van der Waals surface area contributed by atoms with Gasteiger partial charge in [0.15, 0.2) is 0 Å². The molecule has 2 rings (SSSR count). The van der Waals surface area contributed by atoms with Gasteiger partial charge in [-0.2, -0.15) is 0 Å². The third-order valence-electron chi connectivity index (χ3n) is 3.99. The van der Waals surface area contributed by atoms with Crippen LogP contribution in [0.5, 0.6) is 5.75 Å². The number of aromatic carboxylic acids is 1. The van der Waals surface area contributed by atoms with Crippen molar-refractivity contribution in [3.63, 3.8) is 0 Å². The van der Waals surface area contributed by atoms with Crippen molar-refractivity contribution in [2.45, 2.75) is 19.4 Å². The molecule has 0 bridgehead atoms. The number of rotatable bonds is 6. The van der Waals surface area contributed by atoms with Crippen LogP contribution >= 0.6 is 0 Å². The minimum Gasteiger partial charge on any atom is -0.492 e. The van der Waals surface area contributed by atoms with Gasteiger partial charge in [0.1, 0.15) is 12.4 Å². The van der Waals surface area contributed by atoms with Crippen LogP contribution in [0, 0.1) is 5.92 Å². The molecule has 1 aliphatic heterocycles. The summed E-state index contributed by atoms with van der Waals surface area (Å²) in [7, 11) is 2.16. The van der Waals surface area contributed by atoms with E-state index in [2.05, 4.69) is 24.2 Å². The van der Waals surface area contributed by atoms with Crippen molar-refractivity contribution in [1.29, 1.82) is 0 Å². The number of hydrogen-bond acceptors (Lipinski definition) is 4. The summed E-state index contributed by atoms with van der Waals surface area (Å²) in [5, 5.41) is 12.4. The van der Waals surface area contributed by atoms with Crippen molar-refractivity contribution < 1.29 is 14.6 Å². The highest BCUT2D eigenvalue weighted by Gasteiger charge is 2.23. The van der Waals surface area contributed by atoms with Crippen molar-refractivity contribution in [2.75, 3.05) is 33.3 Å². The number of nitrogens with one attached hydrogen (secondary N) is 1. The van der Waals surface area contributed by atoms with Crippen LogP contribution in [-0.4, -0.2) is 55.3 Å². The third kappa shape index (κ3) is 4.72. The number of carbonyl (C=O) groups is 1. The Hall–Kier alpha value is -1.59. The number of ether oxygens (including phenoxy) is 1. The minimum atomic E-state index is -0.917. The van der Waals surface area contributed by atoms with Gasteiger partial charge in [-0.05, 0) is 50.2 Å². The zero-order valence-electron chi connectivity index (χ0n) is 12.7. The van der Waals surface area contributed by atoms with E-state index in [0.29, 0.717) is 24.3 Å². The number of carboxylic acids is 1. The number of piperidine rings is 1. The predicted octanol–water partition coefficient (Wildman–Crippen LogP) is 1.69. The van der Waals surface area contributed by atoms with Gasteiger partial charge in [0.05, 0.1) is 5.56 Å². The molecule has 116 valence electrons. The highest BCUT2D eigenvalue weighted by atomic mass is 16.5. The van der Waals surface area contributed by atoms with E-state index in [4.69, 9.17) is 9.84 Å². The lowest BCUT2D eigenvalue weighted by Gasteiger charge is -2.35. The monoisotopic (exact) mass is 292 g/mol. The number of carboxylic acid groups (broad SMARTS) is 1. The summed E-state index contributed by atoms with van der Waals surface area (Å²) in [4.78, 5) is 13.1. The minimum absolute atomic E-state index is 0.278. The molecule has 1 fully saturated rings. The van der Waals surface area contributed by atoms with Gasteiger partial charge >= 0.3 is 5.97 Å². The summed E-state index contributed by atoms with van der Waals surface area (Å²) in [6.07, 6.45) is 1.17. The predicted molar refractivity (Wildman–Crippen MR) is 82.0 cm³/mol. The molecule has 21 heavy (non-hydrogen) atoms. The number of nitrogens with zero attached hydrogens (tertiary/aromatic N) is 1. The van der Waals surface area contributed by atoms with Crippen molar-refractivity contribution in [2.24, 2.45) is 5.92 Å². The van der Waals surface area contributed by atoms with Gasteiger partial charge in [0.25, 0.3) is 0 Å². The second-order valence-corrected chi connectivity index (χ2v) is 5.77. The van der Waals surface area contributed by atoms with Crippen LogP contribution in [0.1, 0.15) is 23.7 Å². The molecule has 2 unspecified atom stereocenters. The summed E-state index contributed by atoms with van der Waals surface area (Å²) in [6.45, 7) is 5.94. The molecule has 1 aliphatic rings. The van der Waals surface area contributed by atoms with Gasteiger partial charge in [-0.1, -0.05) is 6.92 Å². The summed E-state index contributed by atoms with van der Waals surface area (Å²) >= 11 is 0. The molecule has 1 aromatic carbocycles. The lowest BCUT2D eigenvalue weighted by Crippen LogP contribution is -2.47. The summed E-state index contributed by atoms with van der Waals surface area (Å²) in [6, 6.07) is 7.07. The first-order chi connectivity index (χ1) is 10.1. The first-order valence-corrected chi connectivity index (χ1v) is 7.44. The van der Waals surface area contributed by atoms with Crippen molar-refractivity contribution in [1.82, 2.24) is 10.2 Å². The van der Waals surface area contributed by atoms with Gasteiger partial charge in [0.2, 0.25) is 0 Å². The Balaban J connectivity index is 1.68. The Kier molecular flexibility index (Phi) is 5.59. The van der Waals surface area contributed by atoms with Gasteiger partial charge in [0, 0.05) is 19.1 Å². The molecule has 2 N–H and O–H groups in total. The number of hydrogen-bond donors (Lipinski definition) is 2. The van der Waals surface area contributed by atoms with Gasteiger partial charge in [-0.3, -0.25) is 0 Å². The van der Waals surface area contributed by atoms with Crippen LogP contribution in [0.2, 0.25) is 0 Å². The van der Waals surface area contributed by atoms with Gasteiger partial charge in [-0.25, -0.2) is 4.79 Å². The Morgan fingerprint density at radius 1 is 1.43 bits per heavy atom. The van der Waals surface area contributed by atoms with E-state index in [1.807, 2.05) is 0 Å². The molecule has 0 aliphatic carbocycles. The van der Waals surface area contributed by atoms with Crippen LogP contribution in [0.15, 0.2) is 24.3 Å². The zero-order valence-corrected chi connectivity index (χ0v) is 12.7. The maximum Gasteiger partial charge on any atom is 0.335 e. The van der Waals surface area contributed by atoms with E-state index in [1.165, 1.54) is 6.42 Å². The smallest absolute Gasteiger partial charge is 0.335 e. The van der Waals surface area contributed by atoms with E-state index in [-0.39, 0.29) is 5.56 Å². The normalized spacial score (nSPS) is 23.0. The molecule has 0 aromatic heterocycles. The molecule has 0 saturated carbocycles. The summed E-state index contributed by atoms with van der Waals surface area (Å²) in [5.41, 5.74) is 0.278. The Morgan fingerprint density at radius 3 is 2.76 bits per heavy atom. The molecule has 1 saturated heterocycles. The van der Waals surface area contributed by atoms with E-state index >= 15 is 0 Å². The molecule has 0 radical (unpaired) electrons. The van der Waals surface area contributed by atoms with Crippen molar-refractivity contribution >= 4 is 5.97 Å². The van der Waals surface area contributed by atoms with Crippen molar-refractivity contribution in [3.05, 3.63) is 29.8 Å². The average Bonchev–Trinajstić information content (AvgIpc) is 2.46. The fraction of sp³-hybridized carbons (Fsp3) is 0.562. The Morgan fingerprint density at radius 2 is 2.14 bits per heavy atom. The van der Waals surface area contributed by atoms with Crippen LogP contribution < -0.4 is 10.1 Å². The molecule has 1 heterocycles. The largest absolute Gasteiger partial charge is 0.492 e. The summed E-state index contributed by atoms with van der Waals surface area (Å²) < 4.78 is 5.62.